The number of hydrogen-bond donors (Lipinski definition) is 2. The monoisotopic (exact) mass is 234 g/mol. The van der Waals surface area contributed by atoms with Crippen LogP contribution >= 0.6 is 11.6 Å². The number of carboxylic acids is 1. The largest absolute Gasteiger partial charge is 0.755 e. The van der Waals surface area contributed by atoms with E-state index in [1.54, 1.807) is 0 Å². The average molecular weight is 235 g/mol. The molecule has 5 nitrogen and oxygen atoms in total. The SMILES string of the molecule is O=C(O)c1cc(Cl)ccc1NS(=O)[O-]. The smallest absolute Gasteiger partial charge is 0.337 e. The van der Waals surface area contributed by atoms with Crippen LogP contribution in [-0.4, -0.2) is 19.8 Å². The predicted molar refractivity (Wildman–Crippen MR) is 51.0 cm³/mol. The highest BCUT2D eigenvalue weighted by Gasteiger charge is 2.10. The molecule has 0 aliphatic carbocycles. The third-order valence-corrected chi connectivity index (χ3v) is 2.03. The van der Waals surface area contributed by atoms with E-state index in [9.17, 15) is 13.6 Å². The zero-order valence-corrected chi connectivity index (χ0v) is 8.26. The summed E-state index contributed by atoms with van der Waals surface area (Å²) in [6.07, 6.45) is 0. The maximum absolute atomic E-state index is 10.7. The van der Waals surface area contributed by atoms with Gasteiger partial charge in [0.15, 0.2) is 0 Å². The van der Waals surface area contributed by atoms with E-state index in [1.165, 1.54) is 18.2 Å². The van der Waals surface area contributed by atoms with E-state index in [4.69, 9.17) is 16.7 Å². The van der Waals surface area contributed by atoms with Gasteiger partial charge in [-0.15, -0.1) is 0 Å². The second-order valence-corrected chi connectivity index (χ2v) is 3.44. The maximum atomic E-state index is 10.7. The van der Waals surface area contributed by atoms with Crippen molar-refractivity contribution >= 4 is 34.5 Å². The molecule has 1 aromatic rings. The van der Waals surface area contributed by atoms with Gasteiger partial charge in [0, 0.05) is 16.3 Å². The van der Waals surface area contributed by atoms with Crippen LogP contribution in [0.1, 0.15) is 10.4 Å². The molecule has 0 heterocycles. The number of nitrogens with one attached hydrogen (secondary N) is 1. The standard InChI is InChI=1S/C7H6ClNO4S/c8-4-1-2-6(9-14(12)13)5(3-4)7(10)11/h1-3,9H,(H,10,11)(H,12,13)/p-1. The van der Waals surface area contributed by atoms with Crippen molar-refractivity contribution < 1.29 is 18.7 Å². The van der Waals surface area contributed by atoms with Crippen LogP contribution in [0.5, 0.6) is 0 Å². The fourth-order valence-corrected chi connectivity index (χ4v) is 1.40. The topological polar surface area (TPSA) is 89.5 Å². The molecule has 0 saturated carbocycles. The minimum absolute atomic E-state index is 0.0183. The van der Waals surface area contributed by atoms with Gasteiger partial charge >= 0.3 is 5.97 Å². The number of carbonyl (C=O) groups is 1. The van der Waals surface area contributed by atoms with E-state index in [-0.39, 0.29) is 16.3 Å². The van der Waals surface area contributed by atoms with E-state index in [2.05, 4.69) is 0 Å². The van der Waals surface area contributed by atoms with Crippen LogP contribution in [0.2, 0.25) is 5.02 Å². The summed E-state index contributed by atoms with van der Waals surface area (Å²) in [6, 6.07) is 3.84. The summed E-state index contributed by atoms with van der Waals surface area (Å²) < 4.78 is 22.5. The van der Waals surface area contributed by atoms with Crippen molar-refractivity contribution in [1.29, 1.82) is 0 Å². The van der Waals surface area contributed by atoms with Crippen molar-refractivity contribution in [3.05, 3.63) is 28.8 Å². The van der Waals surface area contributed by atoms with Crippen LogP contribution in [0.15, 0.2) is 18.2 Å². The Balaban J connectivity index is 3.14. The fraction of sp³-hybridized carbons (Fsp3) is 0. The van der Waals surface area contributed by atoms with Crippen LogP contribution in [0.25, 0.3) is 0 Å². The van der Waals surface area contributed by atoms with E-state index in [1.807, 2.05) is 4.72 Å². The Morgan fingerprint density at radius 2 is 2.21 bits per heavy atom. The van der Waals surface area contributed by atoms with Crippen molar-refractivity contribution in [2.75, 3.05) is 4.72 Å². The molecule has 0 spiro atoms. The molecule has 0 fully saturated rings. The Kier molecular flexibility index (Phi) is 3.45. The molecule has 1 aromatic carbocycles. The normalized spacial score (nSPS) is 12.1. The quantitative estimate of drug-likeness (QED) is 0.770. The van der Waals surface area contributed by atoms with Crippen LogP contribution in [-0.2, 0) is 11.3 Å². The Morgan fingerprint density at radius 3 is 2.71 bits per heavy atom. The minimum atomic E-state index is -2.56. The molecule has 1 unspecified atom stereocenters. The van der Waals surface area contributed by atoms with Gasteiger partial charge in [-0.1, -0.05) is 11.6 Å². The molecule has 1 rings (SSSR count). The second kappa shape index (κ2) is 4.41. The average Bonchev–Trinajstić information content (AvgIpc) is 2.07. The Labute approximate surface area is 87.1 Å². The van der Waals surface area contributed by atoms with Gasteiger partial charge in [-0.05, 0) is 18.2 Å². The first-order valence-electron chi connectivity index (χ1n) is 3.39. The molecular weight excluding hydrogens is 230 g/mol. The molecule has 0 aliphatic rings. The van der Waals surface area contributed by atoms with E-state index >= 15 is 0 Å². The second-order valence-electron chi connectivity index (χ2n) is 2.33. The number of aromatic carboxylic acids is 1. The number of hydrogen-bond acceptors (Lipinski definition) is 3. The summed E-state index contributed by atoms with van der Waals surface area (Å²) in [7, 11) is 0. The third-order valence-electron chi connectivity index (χ3n) is 1.41. The van der Waals surface area contributed by atoms with Gasteiger partial charge in [-0.2, -0.15) is 0 Å². The molecule has 2 N–H and O–H groups in total. The molecular formula is C7H5ClNO4S-. The van der Waals surface area contributed by atoms with Gasteiger partial charge in [0.1, 0.15) is 0 Å². The van der Waals surface area contributed by atoms with Gasteiger partial charge in [-0.3, -0.25) is 4.21 Å². The summed E-state index contributed by atoms with van der Waals surface area (Å²) >= 11 is 3.00. The lowest BCUT2D eigenvalue weighted by molar-refractivity contribution is 0.0698. The number of anilines is 1. The van der Waals surface area contributed by atoms with Gasteiger partial charge in [0.2, 0.25) is 0 Å². The lowest BCUT2D eigenvalue weighted by Crippen LogP contribution is -2.08. The van der Waals surface area contributed by atoms with Crippen LogP contribution in [0.4, 0.5) is 5.69 Å². The molecule has 0 aromatic heterocycles. The molecule has 0 amide bonds. The Bertz CT molecular complexity index is 395. The third kappa shape index (κ3) is 2.69. The molecule has 76 valence electrons. The highest BCUT2D eigenvalue weighted by Crippen LogP contribution is 2.20. The van der Waals surface area contributed by atoms with Gasteiger partial charge in [-0.25, -0.2) is 4.79 Å². The number of carboxylic acid groups (broad SMARTS) is 1. The Morgan fingerprint density at radius 1 is 1.57 bits per heavy atom. The van der Waals surface area contributed by atoms with Crippen LogP contribution in [0, 0.1) is 0 Å². The van der Waals surface area contributed by atoms with Crippen LogP contribution in [0.3, 0.4) is 0 Å². The maximum Gasteiger partial charge on any atom is 0.337 e. The molecule has 0 bridgehead atoms. The lowest BCUT2D eigenvalue weighted by Gasteiger charge is -2.11. The Hall–Kier alpha value is -1.11. The molecule has 0 aliphatic heterocycles. The first-order valence-corrected chi connectivity index (χ1v) is 4.85. The van der Waals surface area contributed by atoms with Crippen molar-refractivity contribution in [1.82, 2.24) is 0 Å². The van der Waals surface area contributed by atoms with Crippen molar-refractivity contribution in [2.24, 2.45) is 0 Å². The molecule has 14 heavy (non-hydrogen) atoms. The summed E-state index contributed by atoms with van der Waals surface area (Å²) in [5.74, 6) is -1.25. The molecule has 7 heteroatoms. The summed E-state index contributed by atoms with van der Waals surface area (Å²) in [4.78, 5) is 10.7. The molecule has 0 radical (unpaired) electrons. The zero-order valence-electron chi connectivity index (χ0n) is 6.69. The van der Waals surface area contributed by atoms with Crippen molar-refractivity contribution in [3.63, 3.8) is 0 Å². The number of benzene rings is 1. The van der Waals surface area contributed by atoms with Crippen LogP contribution < -0.4 is 4.72 Å². The van der Waals surface area contributed by atoms with Crippen molar-refractivity contribution in [2.45, 2.75) is 0 Å². The number of rotatable bonds is 3. The first kappa shape index (κ1) is 11.0. The summed E-state index contributed by atoms with van der Waals surface area (Å²) in [5.41, 5.74) is -0.211. The minimum Gasteiger partial charge on any atom is -0.755 e. The molecule has 0 saturated heterocycles. The summed E-state index contributed by atoms with van der Waals surface area (Å²) in [6.45, 7) is 0. The van der Waals surface area contributed by atoms with Crippen molar-refractivity contribution in [3.8, 4) is 0 Å². The number of halogens is 1. The van der Waals surface area contributed by atoms with E-state index in [0.717, 1.165) is 0 Å². The predicted octanol–water partition coefficient (Wildman–Crippen LogP) is 1.24. The van der Waals surface area contributed by atoms with Gasteiger partial charge in [0.25, 0.3) is 0 Å². The summed E-state index contributed by atoms with van der Waals surface area (Å²) in [5, 5.41) is 8.93. The van der Waals surface area contributed by atoms with E-state index < -0.39 is 17.2 Å². The zero-order chi connectivity index (χ0) is 10.7. The first-order chi connectivity index (χ1) is 6.50. The van der Waals surface area contributed by atoms with Gasteiger partial charge < -0.3 is 14.4 Å². The highest BCUT2D eigenvalue weighted by atomic mass is 35.5. The van der Waals surface area contributed by atoms with Gasteiger partial charge in [0.05, 0.1) is 11.3 Å². The molecule has 1 atom stereocenters. The fourth-order valence-electron chi connectivity index (χ4n) is 0.872. The van der Waals surface area contributed by atoms with E-state index in [0.29, 0.717) is 0 Å². The lowest BCUT2D eigenvalue weighted by atomic mass is 10.2. The highest BCUT2D eigenvalue weighted by molar-refractivity contribution is 7.80.